The van der Waals surface area contributed by atoms with E-state index in [1.54, 1.807) is 0 Å². The third-order valence-corrected chi connectivity index (χ3v) is 5.29. The molecule has 0 aromatic carbocycles. The van der Waals surface area contributed by atoms with E-state index in [1.807, 2.05) is 13.0 Å². The first-order chi connectivity index (χ1) is 9.99. The van der Waals surface area contributed by atoms with Crippen LogP contribution in [0.3, 0.4) is 0 Å². The standard InChI is InChI=1S/C18H28O3/c1-4-21-17(20)9-5-7-13(2)14-10-11-15-16(19)8-6-12-18(14,15)3/h5,9-10,13,15-16,19H,4,6-8,11-12H2,1-3H3. The molecule has 0 radical (unpaired) electrons. The van der Waals surface area contributed by atoms with Crippen molar-refractivity contribution < 1.29 is 14.6 Å². The van der Waals surface area contributed by atoms with Gasteiger partial charge in [-0.1, -0.05) is 31.6 Å². The first kappa shape index (κ1) is 16.3. The van der Waals surface area contributed by atoms with Crippen LogP contribution in [0.25, 0.3) is 0 Å². The first-order valence-electron chi connectivity index (χ1n) is 8.21. The quantitative estimate of drug-likeness (QED) is 0.478. The van der Waals surface area contributed by atoms with Crippen LogP contribution >= 0.6 is 0 Å². The van der Waals surface area contributed by atoms with E-state index in [0.29, 0.717) is 18.4 Å². The third-order valence-electron chi connectivity index (χ3n) is 5.29. The number of rotatable bonds is 5. The molecule has 1 N–H and O–H groups in total. The number of ether oxygens (including phenoxy) is 1. The van der Waals surface area contributed by atoms with Crippen LogP contribution in [0.1, 0.15) is 52.9 Å². The zero-order valence-corrected chi connectivity index (χ0v) is 13.5. The molecule has 0 aromatic rings. The lowest BCUT2D eigenvalue weighted by Crippen LogP contribution is -2.39. The lowest BCUT2D eigenvalue weighted by Gasteiger charge is -2.43. The predicted molar refractivity (Wildman–Crippen MR) is 83.7 cm³/mol. The summed E-state index contributed by atoms with van der Waals surface area (Å²) < 4.78 is 4.90. The molecule has 1 saturated carbocycles. The number of carbonyl (C=O) groups excluding carboxylic acids is 1. The second-order valence-electron chi connectivity index (χ2n) is 6.67. The Bertz CT molecular complexity index is 438. The molecule has 0 aliphatic heterocycles. The van der Waals surface area contributed by atoms with Crippen LogP contribution in [0.4, 0.5) is 0 Å². The average molecular weight is 292 g/mol. The van der Waals surface area contributed by atoms with E-state index in [0.717, 1.165) is 25.7 Å². The fourth-order valence-corrected chi connectivity index (χ4v) is 4.20. The van der Waals surface area contributed by atoms with E-state index in [2.05, 4.69) is 19.9 Å². The molecule has 0 amide bonds. The Kier molecular flexibility index (Phi) is 5.26. The lowest BCUT2D eigenvalue weighted by molar-refractivity contribution is -0.137. The minimum Gasteiger partial charge on any atom is -0.463 e. The van der Waals surface area contributed by atoms with Gasteiger partial charge in [0, 0.05) is 6.08 Å². The molecule has 0 heterocycles. The summed E-state index contributed by atoms with van der Waals surface area (Å²) in [5.41, 5.74) is 1.62. The molecular formula is C18H28O3. The average Bonchev–Trinajstić information content (AvgIpc) is 2.77. The van der Waals surface area contributed by atoms with Crippen molar-refractivity contribution in [2.45, 2.75) is 59.0 Å². The largest absolute Gasteiger partial charge is 0.463 e. The lowest BCUT2D eigenvalue weighted by atomic mass is 9.63. The van der Waals surface area contributed by atoms with Gasteiger partial charge in [0.15, 0.2) is 0 Å². The molecular weight excluding hydrogens is 264 g/mol. The van der Waals surface area contributed by atoms with Crippen molar-refractivity contribution in [1.82, 2.24) is 0 Å². The maximum absolute atomic E-state index is 11.3. The second kappa shape index (κ2) is 6.78. The molecule has 2 rings (SSSR count). The SMILES string of the molecule is CCOC(=O)C=CCC(C)C1=CCC2C(O)CCCC12C. The smallest absolute Gasteiger partial charge is 0.330 e. The van der Waals surface area contributed by atoms with E-state index >= 15 is 0 Å². The summed E-state index contributed by atoms with van der Waals surface area (Å²) >= 11 is 0. The van der Waals surface area contributed by atoms with Crippen LogP contribution in [-0.4, -0.2) is 23.8 Å². The Labute approximate surface area is 128 Å². The molecule has 4 unspecified atom stereocenters. The summed E-state index contributed by atoms with van der Waals surface area (Å²) in [5, 5.41) is 10.2. The molecule has 2 aliphatic rings. The third kappa shape index (κ3) is 3.39. The fourth-order valence-electron chi connectivity index (χ4n) is 4.20. The molecule has 0 bridgehead atoms. The highest BCUT2D eigenvalue weighted by Gasteiger charge is 2.47. The van der Waals surface area contributed by atoms with Crippen molar-refractivity contribution >= 4 is 5.97 Å². The van der Waals surface area contributed by atoms with Gasteiger partial charge in [0.25, 0.3) is 0 Å². The zero-order valence-electron chi connectivity index (χ0n) is 13.5. The monoisotopic (exact) mass is 292 g/mol. The minimum absolute atomic E-state index is 0.148. The Hall–Kier alpha value is -1.09. The number of hydrogen-bond donors (Lipinski definition) is 1. The summed E-state index contributed by atoms with van der Waals surface area (Å²) in [7, 11) is 0. The number of hydrogen-bond acceptors (Lipinski definition) is 3. The van der Waals surface area contributed by atoms with Gasteiger partial charge < -0.3 is 9.84 Å². The van der Waals surface area contributed by atoms with Crippen molar-refractivity contribution in [3.8, 4) is 0 Å². The van der Waals surface area contributed by atoms with Gasteiger partial charge in [0.05, 0.1) is 12.7 Å². The summed E-state index contributed by atoms with van der Waals surface area (Å²) in [6.07, 6.45) is 10.7. The second-order valence-corrected chi connectivity index (χ2v) is 6.67. The van der Waals surface area contributed by atoms with Crippen molar-refractivity contribution in [2.75, 3.05) is 6.61 Å². The summed E-state index contributed by atoms with van der Waals surface area (Å²) in [4.78, 5) is 11.3. The molecule has 3 heteroatoms. The van der Waals surface area contributed by atoms with Crippen LogP contribution in [0, 0.1) is 17.3 Å². The highest BCUT2D eigenvalue weighted by atomic mass is 16.5. The molecule has 0 aromatic heterocycles. The number of fused-ring (bicyclic) bond motifs is 1. The Morgan fingerprint density at radius 3 is 3.10 bits per heavy atom. The van der Waals surface area contributed by atoms with E-state index in [4.69, 9.17) is 4.74 Å². The van der Waals surface area contributed by atoms with Gasteiger partial charge in [-0.05, 0) is 56.3 Å². The maximum atomic E-state index is 11.3. The molecule has 4 atom stereocenters. The summed E-state index contributed by atoms with van der Waals surface area (Å²) in [6, 6.07) is 0. The van der Waals surface area contributed by atoms with Crippen molar-refractivity contribution in [3.05, 3.63) is 23.8 Å². The van der Waals surface area contributed by atoms with Gasteiger partial charge in [-0.2, -0.15) is 0 Å². The summed E-state index contributed by atoms with van der Waals surface area (Å²) in [5.74, 6) is 0.538. The summed E-state index contributed by atoms with van der Waals surface area (Å²) in [6.45, 7) is 6.76. The van der Waals surface area contributed by atoms with Crippen molar-refractivity contribution in [2.24, 2.45) is 17.3 Å². The van der Waals surface area contributed by atoms with Gasteiger partial charge in [0.2, 0.25) is 0 Å². The van der Waals surface area contributed by atoms with Crippen LogP contribution in [0.2, 0.25) is 0 Å². The number of esters is 1. The van der Waals surface area contributed by atoms with Crippen molar-refractivity contribution in [3.63, 3.8) is 0 Å². The zero-order chi connectivity index (χ0) is 15.5. The maximum Gasteiger partial charge on any atom is 0.330 e. The van der Waals surface area contributed by atoms with E-state index in [9.17, 15) is 9.90 Å². The first-order valence-corrected chi connectivity index (χ1v) is 8.21. The van der Waals surface area contributed by atoms with E-state index in [1.165, 1.54) is 18.1 Å². The molecule has 118 valence electrons. The van der Waals surface area contributed by atoms with Gasteiger partial charge in [-0.3, -0.25) is 0 Å². The highest BCUT2D eigenvalue weighted by molar-refractivity contribution is 5.81. The molecule has 3 nitrogen and oxygen atoms in total. The fraction of sp³-hybridized carbons (Fsp3) is 0.722. The van der Waals surface area contributed by atoms with Crippen molar-refractivity contribution in [1.29, 1.82) is 0 Å². The molecule has 0 saturated heterocycles. The Balaban J connectivity index is 1.97. The number of carbonyl (C=O) groups is 1. The van der Waals surface area contributed by atoms with Gasteiger partial charge in [-0.25, -0.2) is 4.79 Å². The van der Waals surface area contributed by atoms with Crippen LogP contribution in [-0.2, 0) is 9.53 Å². The van der Waals surface area contributed by atoms with E-state index < -0.39 is 0 Å². The topological polar surface area (TPSA) is 46.5 Å². The number of aliphatic hydroxyl groups excluding tert-OH is 1. The van der Waals surface area contributed by atoms with E-state index in [-0.39, 0.29) is 17.5 Å². The van der Waals surface area contributed by atoms with Crippen LogP contribution in [0.15, 0.2) is 23.8 Å². The number of allylic oxidation sites excluding steroid dienone is 3. The highest BCUT2D eigenvalue weighted by Crippen LogP contribution is 2.54. The molecule has 0 spiro atoms. The Morgan fingerprint density at radius 1 is 1.62 bits per heavy atom. The normalized spacial score (nSPS) is 33.6. The van der Waals surface area contributed by atoms with Gasteiger partial charge >= 0.3 is 5.97 Å². The molecule has 1 fully saturated rings. The van der Waals surface area contributed by atoms with Gasteiger partial charge in [-0.15, -0.1) is 0 Å². The Morgan fingerprint density at radius 2 is 2.38 bits per heavy atom. The van der Waals surface area contributed by atoms with Crippen LogP contribution < -0.4 is 0 Å². The van der Waals surface area contributed by atoms with Gasteiger partial charge in [0.1, 0.15) is 0 Å². The van der Waals surface area contributed by atoms with Crippen LogP contribution in [0.5, 0.6) is 0 Å². The molecule has 21 heavy (non-hydrogen) atoms. The predicted octanol–water partition coefficient (Wildman–Crippen LogP) is 3.63. The molecule has 2 aliphatic carbocycles. The minimum atomic E-state index is -0.262. The number of aliphatic hydroxyl groups is 1.